The maximum absolute atomic E-state index is 5.60. The molecule has 0 bridgehead atoms. The van der Waals surface area contributed by atoms with E-state index in [2.05, 4.69) is 18.0 Å². The van der Waals surface area contributed by atoms with Gasteiger partial charge in [0.25, 0.3) is 0 Å². The van der Waals surface area contributed by atoms with Crippen LogP contribution in [0.15, 0.2) is 48.5 Å². The summed E-state index contributed by atoms with van der Waals surface area (Å²) in [5.74, 6) is 0.875. The van der Waals surface area contributed by atoms with E-state index in [1.54, 1.807) is 7.11 Å². The predicted octanol–water partition coefficient (Wildman–Crippen LogP) is 2.97. The van der Waals surface area contributed by atoms with E-state index in [1.807, 2.05) is 42.5 Å². The molecule has 0 atom stereocenters. The van der Waals surface area contributed by atoms with Gasteiger partial charge in [-0.25, -0.2) is 0 Å². The number of anilines is 1. The Morgan fingerprint density at radius 3 is 2.50 bits per heavy atom. The van der Waals surface area contributed by atoms with E-state index in [4.69, 9.17) is 22.7 Å². The van der Waals surface area contributed by atoms with Gasteiger partial charge in [0.2, 0.25) is 0 Å². The first-order valence-electron chi connectivity index (χ1n) is 6.34. The van der Waals surface area contributed by atoms with Crippen LogP contribution >= 0.6 is 12.2 Å². The lowest BCUT2D eigenvalue weighted by molar-refractivity contribution is 0.414. The molecule has 0 radical (unpaired) electrons. The number of rotatable bonds is 5. The van der Waals surface area contributed by atoms with Crippen LogP contribution in [0.5, 0.6) is 5.75 Å². The van der Waals surface area contributed by atoms with Gasteiger partial charge in [-0.3, -0.25) is 0 Å². The third kappa shape index (κ3) is 3.48. The topological polar surface area (TPSA) is 38.5 Å². The van der Waals surface area contributed by atoms with Crippen LogP contribution in [0.3, 0.4) is 0 Å². The van der Waals surface area contributed by atoms with Crippen molar-refractivity contribution in [1.29, 1.82) is 0 Å². The van der Waals surface area contributed by atoms with E-state index in [1.165, 1.54) is 5.56 Å². The molecule has 0 aliphatic rings. The average Bonchev–Trinajstić information content (AvgIpc) is 2.47. The van der Waals surface area contributed by atoms with Gasteiger partial charge in [-0.2, -0.15) is 0 Å². The van der Waals surface area contributed by atoms with Crippen LogP contribution in [0.2, 0.25) is 0 Å². The second kappa shape index (κ2) is 6.39. The Labute approximate surface area is 125 Å². The monoisotopic (exact) mass is 286 g/mol. The first-order valence-corrected chi connectivity index (χ1v) is 6.75. The summed E-state index contributed by atoms with van der Waals surface area (Å²) in [5.41, 5.74) is 8.80. The minimum atomic E-state index is 0.423. The normalized spacial score (nSPS) is 10.1. The van der Waals surface area contributed by atoms with Gasteiger partial charge in [-0.15, -0.1) is 0 Å². The highest BCUT2D eigenvalue weighted by Crippen LogP contribution is 2.19. The zero-order valence-electron chi connectivity index (χ0n) is 11.7. The van der Waals surface area contributed by atoms with Crippen molar-refractivity contribution in [2.75, 3.05) is 19.1 Å². The van der Waals surface area contributed by atoms with Gasteiger partial charge < -0.3 is 15.4 Å². The van der Waals surface area contributed by atoms with E-state index in [0.29, 0.717) is 4.99 Å². The molecule has 0 heterocycles. The van der Waals surface area contributed by atoms with Crippen molar-refractivity contribution in [3.05, 3.63) is 59.7 Å². The van der Waals surface area contributed by atoms with E-state index >= 15 is 0 Å². The van der Waals surface area contributed by atoms with Crippen molar-refractivity contribution < 1.29 is 4.74 Å². The SMILES string of the molecule is COc1cccc(CN(C)c2ccc(C(N)=S)cc2)c1. The quantitative estimate of drug-likeness (QED) is 0.858. The summed E-state index contributed by atoms with van der Waals surface area (Å²) in [6.45, 7) is 0.809. The van der Waals surface area contributed by atoms with E-state index in [-0.39, 0.29) is 0 Å². The second-order valence-corrected chi connectivity index (χ2v) is 5.06. The predicted molar refractivity (Wildman–Crippen MR) is 87.4 cm³/mol. The average molecular weight is 286 g/mol. The minimum Gasteiger partial charge on any atom is -0.497 e. The maximum atomic E-state index is 5.60. The zero-order valence-corrected chi connectivity index (χ0v) is 12.5. The number of hydrogen-bond donors (Lipinski definition) is 1. The van der Waals surface area contributed by atoms with Crippen molar-refractivity contribution >= 4 is 22.9 Å². The van der Waals surface area contributed by atoms with E-state index in [9.17, 15) is 0 Å². The summed E-state index contributed by atoms with van der Waals surface area (Å²) in [7, 11) is 3.73. The molecule has 0 saturated carbocycles. The Morgan fingerprint density at radius 2 is 1.90 bits per heavy atom. The summed E-state index contributed by atoms with van der Waals surface area (Å²) in [5, 5.41) is 0. The lowest BCUT2D eigenvalue weighted by atomic mass is 10.1. The zero-order chi connectivity index (χ0) is 14.5. The van der Waals surface area contributed by atoms with Gasteiger partial charge in [0, 0.05) is 24.8 Å². The highest BCUT2D eigenvalue weighted by Gasteiger charge is 2.04. The molecule has 20 heavy (non-hydrogen) atoms. The Morgan fingerprint density at radius 1 is 1.20 bits per heavy atom. The molecule has 4 heteroatoms. The molecule has 0 spiro atoms. The molecule has 0 unspecified atom stereocenters. The summed E-state index contributed by atoms with van der Waals surface area (Å²) in [4.78, 5) is 2.59. The Kier molecular flexibility index (Phi) is 4.58. The number of thiocarbonyl (C=S) groups is 1. The highest BCUT2D eigenvalue weighted by molar-refractivity contribution is 7.80. The largest absolute Gasteiger partial charge is 0.497 e. The number of benzene rings is 2. The summed E-state index contributed by atoms with van der Waals surface area (Å²) in [6.07, 6.45) is 0. The molecular weight excluding hydrogens is 268 g/mol. The van der Waals surface area contributed by atoms with Crippen molar-refractivity contribution in [3.63, 3.8) is 0 Å². The molecule has 104 valence electrons. The van der Waals surface area contributed by atoms with E-state index in [0.717, 1.165) is 23.5 Å². The lowest BCUT2D eigenvalue weighted by Gasteiger charge is -2.20. The summed E-state index contributed by atoms with van der Waals surface area (Å²) < 4.78 is 5.24. The number of hydrogen-bond acceptors (Lipinski definition) is 3. The third-order valence-electron chi connectivity index (χ3n) is 3.15. The highest BCUT2D eigenvalue weighted by atomic mass is 32.1. The molecule has 3 nitrogen and oxygen atoms in total. The second-order valence-electron chi connectivity index (χ2n) is 4.62. The molecule has 0 aliphatic heterocycles. The molecule has 2 aromatic carbocycles. The van der Waals surface area contributed by atoms with Crippen LogP contribution in [-0.2, 0) is 6.54 Å². The molecule has 2 aromatic rings. The smallest absolute Gasteiger partial charge is 0.119 e. The molecule has 0 aromatic heterocycles. The first-order chi connectivity index (χ1) is 9.60. The van der Waals surface area contributed by atoms with Gasteiger partial charge in [0.15, 0.2) is 0 Å². The first kappa shape index (κ1) is 14.3. The van der Waals surface area contributed by atoms with Crippen LogP contribution in [0.25, 0.3) is 0 Å². The number of nitrogens with two attached hydrogens (primary N) is 1. The van der Waals surface area contributed by atoms with Gasteiger partial charge >= 0.3 is 0 Å². The van der Waals surface area contributed by atoms with Crippen molar-refractivity contribution in [2.45, 2.75) is 6.54 Å². The van der Waals surface area contributed by atoms with Gasteiger partial charge in [0.05, 0.1) is 7.11 Å². The van der Waals surface area contributed by atoms with Crippen molar-refractivity contribution in [2.24, 2.45) is 5.73 Å². The number of methoxy groups -OCH3 is 1. The summed E-state index contributed by atoms with van der Waals surface area (Å²) in [6, 6.07) is 16.0. The fraction of sp³-hybridized carbons (Fsp3) is 0.188. The van der Waals surface area contributed by atoms with Crippen molar-refractivity contribution in [3.8, 4) is 5.75 Å². The van der Waals surface area contributed by atoms with E-state index < -0.39 is 0 Å². The summed E-state index contributed by atoms with van der Waals surface area (Å²) >= 11 is 4.95. The van der Waals surface area contributed by atoms with Gasteiger partial charge in [-0.05, 0) is 42.0 Å². The minimum absolute atomic E-state index is 0.423. The molecule has 0 saturated heterocycles. The fourth-order valence-corrected chi connectivity index (χ4v) is 2.15. The maximum Gasteiger partial charge on any atom is 0.119 e. The number of ether oxygens (including phenoxy) is 1. The number of nitrogens with zero attached hydrogens (tertiary/aromatic N) is 1. The van der Waals surface area contributed by atoms with Crippen LogP contribution in [0.1, 0.15) is 11.1 Å². The van der Waals surface area contributed by atoms with Crippen LogP contribution in [0.4, 0.5) is 5.69 Å². The fourth-order valence-electron chi connectivity index (χ4n) is 2.02. The van der Waals surface area contributed by atoms with Crippen LogP contribution in [-0.4, -0.2) is 19.1 Å². The van der Waals surface area contributed by atoms with Crippen molar-refractivity contribution in [1.82, 2.24) is 0 Å². The Balaban J connectivity index is 2.10. The Bertz CT molecular complexity index is 596. The molecule has 0 amide bonds. The molecular formula is C16H18N2OS. The third-order valence-corrected chi connectivity index (χ3v) is 3.38. The molecule has 2 rings (SSSR count). The standard InChI is InChI=1S/C16H18N2OS/c1-18(11-12-4-3-5-15(10-12)19-2)14-8-6-13(7-9-14)16(17)20/h3-10H,11H2,1-2H3,(H2,17,20). The van der Waals surface area contributed by atoms with Crippen LogP contribution in [0, 0.1) is 0 Å². The van der Waals surface area contributed by atoms with Gasteiger partial charge in [-0.1, -0.05) is 24.4 Å². The Hall–Kier alpha value is -2.07. The molecule has 2 N–H and O–H groups in total. The van der Waals surface area contributed by atoms with Gasteiger partial charge in [0.1, 0.15) is 10.7 Å². The molecule has 0 fully saturated rings. The lowest BCUT2D eigenvalue weighted by Crippen LogP contribution is -2.16. The molecule has 0 aliphatic carbocycles. The van der Waals surface area contributed by atoms with Crippen LogP contribution < -0.4 is 15.4 Å².